The molecule has 0 heterocycles. The van der Waals surface area contributed by atoms with Crippen molar-refractivity contribution in [2.45, 2.75) is 33.1 Å². The van der Waals surface area contributed by atoms with Gasteiger partial charge in [-0.1, -0.05) is 19.6 Å². The van der Waals surface area contributed by atoms with Gasteiger partial charge < -0.3 is 9.47 Å². The molecule has 0 aliphatic carbocycles. The van der Waals surface area contributed by atoms with E-state index in [0.29, 0.717) is 31.6 Å². The maximum Gasteiger partial charge on any atom is 0.333 e. The van der Waals surface area contributed by atoms with Crippen LogP contribution in [0.5, 0.6) is 0 Å². The summed E-state index contributed by atoms with van der Waals surface area (Å²) in [7, 11) is 0. The molecule has 0 saturated heterocycles. The minimum atomic E-state index is -0.427. The van der Waals surface area contributed by atoms with Crippen molar-refractivity contribution < 1.29 is 19.1 Å². The number of hydrogen-bond donors (Lipinski definition) is 0. The fourth-order valence-corrected chi connectivity index (χ4v) is 1.10. The van der Waals surface area contributed by atoms with Crippen LogP contribution in [-0.2, 0) is 19.1 Å². The molecule has 0 atom stereocenters. The highest BCUT2D eigenvalue weighted by molar-refractivity contribution is 5.87. The van der Waals surface area contributed by atoms with E-state index in [2.05, 4.69) is 6.58 Å². The van der Waals surface area contributed by atoms with Crippen molar-refractivity contribution in [3.05, 3.63) is 24.3 Å². The van der Waals surface area contributed by atoms with Gasteiger partial charge in [0.05, 0.1) is 13.2 Å². The van der Waals surface area contributed by atoms with Gasteiger partial charge in [-0.3, -0.25) is 0 Å². The summed E-state index contributed by atoms with van der Waals surface area (Å²) in [5.74, 6) is -0.710. The molecule has 0 fully saturated rings. The first kappa shape index (κ1) is 15.4. The third kappa shape index (κ3) is 8.25. The second-order valence-electron chi connectivity index (χ2n) is 3.51. The van der Waals surface area contributed by atoms with Crippen LogP contribution in [0.2, 0.25) is 0 Å². The first-order chi connectivity index (χ1) is 8.11. The maximum atomic E-state index is 11.3. The van der Waals surface area contributed by atoms with Crippen LogP contribution in [0.15, 0.2) is 24.3 Å². The summed E-state index contributed by atoms with van der Waals surface area (Å²) in [6.45, 7) is 7.65. The van der Waals surface area contributed by atoms with Gasteiger partial charge in [0.1, 0.15) is 0 Å². The lowest BCUT2D eigenvalue weighted by molar-refractivity contribution is -0.140. The topological polar surface area (TPSA) is 52.6 Å². The fraction of sp³-hybridized carbons (Fsp3) is 0.538. The summed E-state index contributed by atoms with van der Waals surface area (Å²) >= 11 is 0. The Balaban J connectivity index is 3.52. The van der Waals surface area contributed by atoms with Gasteiger partial charge in [0, 0.05) is 11.6 Å². The lowest BCUT2D eigenvalue weighted by Gasteiger charge is -2.05. The van der Waals surface area contributed by atoms with Gasteiger partial charge in [0.25, 0.3) is 0 Å². The Kier molecular flexibility index (Phi) is 8.74. The molecule has 0 unspecified atom stereocenters. The van der Waals surface area contributed by atoms with Crippen LogP contribution in [0, 0.1) is 0 Å². The van der Waals surface area contributed by atoms with Crippen molar-refractivity contribution in [1.82, 2.24) is 0 Å². The molecule has 0 aromatic rings. The zero-order valence-corrected chi connectivity index (χ0v) is 10.5. The number of hydrogen-bond acceptors (Lipinski definition) is 4. The molecule has 0 aliphatic heterocycles. The van der Waals surface area contributed by atoms with Crippen molar-refractivity contribution >= 4 is 11.9 Å². The summed E-state index contributed by atoms with van der Waals surface area (Å²) in [6, 6.07) is 0. The molecule has 96 valence electrons. The Morgan fingerprint density at radius 3 is 2.29 bits per heavy atom. The second-order valence-corrected chi connectivity index (χ2v) is 3.51. The zero-order chi connectivity index (χ0) is 13.1. The molecule has 0 radical (unpaired) electrons. The largest absolute Gasteiger partial charge is 0.463 e. The first-order valence-electron chi connectivity index (χ1n) is 5.74. The normalized spacial score (nSPS) is 10.8. The minimum absolute atomic E-state index is 0.282. The average molecular weight is 240 g/mol. The lowest BCUT2D eigenvalue weighted by Crippen LogP contribution is -2.08. The molecule has 0 amide bonds. The average Bonchev–Trinajstić information content (AvgIpc) is 2.33. The Labute approximate surface area is 102 Å². The summed E-state index contributed by atoms with van der Waals surface area (Å²) in [6.07, 6.45) is 5.12. The molecule has 0 N–H and O–H groups in total. The van der Waals surface area contributed by atoms with Gasteiger partial charge in [-0.05, 0) is 26.2 Å². The van der Waals surface area contributed by atoms with E-state index < -0.39 is 5.97 Å². The molecule has 4 heteroatoms. The molecule has 0 spiro atoms. The van der Waals surface area contributed by atoms with Gasteiger partial charge in [0.2, 0.25) is 0 Å². The minimum Gasteiger partial charge on any atom is -0.463 e. The molecule has 0 aromatic carbocycles. The second kappa shape index (κ2) is 9.63. The molecule has 0 rings (SSSR count). The van der Waals surface area contributed by atoms with E-state index in [-0.39, 0.29) is 5.97 Å². The third-order valence-electron chi connectivity index (χ3n) is 2.02. The SMILES string of the molecule is C=CC(=O)OCCCCOC(=O)C(C)=CCC. The highest BCUT2D eigenvalue weighted by atomic mass is 16.5. The van der Waals surface area contributed by atoms with Crippen molar-refractivity contribution in [1.29, 1.82) is 0 Å². The predicted molar refractivity (Wildman–Crippen MR) is 65.4 cm³/mol. The van der Waals surface area contributed by atoms with Gasteiger partial charge in [0.15, 0.2) is 0 Å². The van der Waals surface area contributed by atoms with Crippen molar-refractivity contribution in [3.63, 3.8) is 0 Å². The Morgan fingerprint density at radius 1 is 1.18 bits per heavy atom. The molecular formula is C13H20O4. The fourth-order valence-electron chi connectivity index (χ4n) is 1.10. The van der Waals surface area contributed by atoms with E-state index in [1.54, 1.807) is 6.92 Å². The number of carbonyl (C=O) groups excluding carboxylic acids is 2. The van der Waals surface area contributed by atoms with Crippen LogP contribution >= 0.6 is 0 Å². The molecule has 4 nitrogen and oxygen atoms in total. The van der Waals surface area contributed by atoms with E-state index in [1.807, 2.05) is 13.0 Å². The Morgan fingerprint density at radius 2 is 1.76 bits per heavy atom. The number of unbranched alkanes of at least 4 members (excludes halogenated alkanes) is 1. The van der Waals surface area contributed by atoms with Crippen molar-refractivity contribution in [3.8, 4) is 0 Å². The Hall–Kier alpha value is -1.58. The molecule has 0 bridgehead atoms. The summed E-state index contributed by atoms with van der Waals surface area (Å²) < 4.78 is 9.80. The Bertz CT molecular complexity index is 292. The van der Waals surface area contributed by atoms with Crippen molar-refractivity contribution in [2.24, 2.45) is 0 Å². The molecule has 0 saturated carbocycles. The maximum absolute atomic E-state index is 11.3. The lowest BCUT2D eigenvalue weighted by atomic mass is 10.2. The van der Waals surface area contributed by atoms with Crippen LogP contribution in [0.3, 0.4) is 0 Å². The summed E-state index contributed by atoms with van der Waals surface area (Å²) in [4.78, 5) is 22.0. The van der Waals surface area contributed by atoms with Gasteiger partial charge in [-0.15, -0.1) is 0 Å². The van der Waals surface area contributed by atoms with E-state index in [0.717, 1.165) is 12.5 Å². The highest BCUT2D eigenvalue weighted by Crippen LogP contribution is 2.00. The molecule has 0 aliphatic rings. The van der Waals surface area contributed by atoms with E-state index >= 15 is 0 Å². The monoisotopic (exact) mass is 240 g/mol. The standard InChI is InChI=1S/C13H20O4/c1-4-8-11(3)13(15)17-10-7-6-9-16-12(14)5-2/h5,8H,2,4,6-7,9-10H2,1,3H3. The summed E-state index contributed by atoms with van der Waals surface area (Å²) in [5.41, 5.74) is 0.630. The predicted octanol–water partition coefficient (Wildman–Crippen LogP) is 2.40. The number of carbonyl (C=O) groups is 2. The van der Waals surface area contributed by atoms with Crippen molar-refractivity contribution in [2.75, 3.05) is 13.2 Å². The quantitative estimate of drug-likeness (QED) is 0.371. The van der Waals surface area contributed by atoms with E-state index in [4.69, 9.17) is 9.47 Å². The van der Waals surface area contributed by atoms with E-state index in [9.17, 15) is 9.59 Å². The van der Waals surface area contributed by atoms with Crippen LogP contribution in [0.25, 0.3) is 0 Å². The zero-order valence-electron chi connectivity index (χ0n) is 10.5. The third-order valence-corrected chi connectivity index (χ3v) is 2.02. The van der Waals surface area contributed by atoms with E-state index in [1.165, 1.54) is 0 Å². The first-order valence-corrected chi connectivity index (χ1v) is 5.74. The summed E-state index contributed by atoms with van der Waals surface area (Å²) in [5, 5.41) is 0. The number of allylic oxidation sites excluding steroid dienone is 1. The highest BCUT2D eigenvalue weighted by Gasteiger charge is 2.04. The number of rotatable bonds is 8. The molecular weight excluding hydrogens is 220 g/mol. The van der Waals surface area contributed by atoms with Gasteiger partial charge in [-0.25, -0.2) is 9.59 Å². The molecule has 17 heavy (non-hydrogen) atoms. The van der Waals surface area contributed by atoms with Gasteiger partial charge >= 0.3 is 11.9 Å². The molecule has 0 aromatic heterocycles. The number of ether oxygens (including phenoxy) is 2. The van der Waals surface area contributed by atoms with Gasteiger partial charge in [-0.2, -0.15) is 0 Å². The number of esters is 2. The van der Waals surface area contributed by atoms with Crippen LogP contribution < -0.4 is 0 Å². The van der Waals surface area contributed by atoms with Crippen LogP contribution in [0.4, 0.5) is 0 Å². The van der Waals surface area contributed by atoms with Crippen LogP contribution in [0.1, 0.15) is 33.1 Å². The van der Waals surface area contributed by atoms with Crippen LogP contribution in [-0.4, -0.2) is 25.2 Å². The smallest absolute Gasteiger partial charge is 0.333 e.